The number of aromatic nitrogens is 3. The summed E-state index contributed by atoms with van der Waals surface area (Å²) in [5.41, 5.74) is 5.82. The number of nitrogens with zero attached hydrogens (tertiary/aromatic N) is 3. The molecule has 2 heterocycles. The van der Waals surface area contributed by atoms with Crippen molar-refractivity contribution in [1.29, 1.82) is 0 Å². The van der Waals surface area contributed by atoms with Crippen molar-refractivity contribution < 1.29 is 4.79 Å². The Kier molecular flexibility index (Phi) is 3.50. The van der Waals surface area contributed by atoms with Crippen molar-refractivity contribution in [1.82, 2.24) is 20.1 Å². The van der Waals surface area contributed by atoms with Gasteiger partial charge in [-0.15, -0.1) is 21.5 Å². The fourth-order valence-corrected chi connectivity index (χ4v) is 2.07. The Hall–Kier alpha value is -1.73. The molecule has 0 aromatic carbocycles. The number of hydrogen-bond acceptors (Lipinski definition) is 5. The molecule has 1 atom stereocenters. The van der Waals surface area contributed by atoms with Gasteiger partial charge < -0.3 is 15.6 Å². The number of aryl methyl sites for hydroxylation is 1. The molecule has 0 bridgehead atoms. The average molecular weight is 251 g/mol. The Bertz CT molecular complexity index is 493. The lowest BCUT2D eigenvalue weighted by molar-refractivity contribution is -0.122. The number of amides is 1. The molecule has 0 radical (unpaired) electrons. The third-order valence-electron chi connectivity index (χ3n) is 2.36. The van der Waals surface area contributed by atoms with Crippen molar-refractivity contribution in [3.63, 3.8) is 0 Å². The summed E-state index contributed by atoms with van der Waals surface area (Å²) in [4.78, 5) is 12.6. The molecule has 3 N–H and O–H groups in total. The van der Waals surface area contributed by atoms with Crippen LogP contribution in [0.5, 0.6) is 0 Å². The van der Waals surface area contributed by atoms with E-state index >= 15 is 0 Å². The van der Waals surface area contributed by atoms with Gasteiger partial charge in [0.05, 0.1) is 6.54 Å². The molecule has 2 rings (SSSR count). The number of carbonyl (C=O) groups excluding carboxylic acids is 1. The van der Waals surface area contributed by atoms with Gasteiger partial charge in [-0.2, -0.15) is 0 Å². The third-order valence-corrected chi connectivity index (χ3v) is 3.31. The van der Waals surface area contributed by atoms with E-state index in [1.165, 1.54) is 11.3 Å². The van der Waals surface area contributed by atoms with Gasteiger partial charge in [-0.05, 0) is 11.4 Å². The van der Waals surface area contributed by atoms with Gasteiger partial charge in [0.25, 0.3) is 0 Å². The Labute approximate surface area is 102 Å². The van der Waals surface area contributed by atoms with Gasteiger partial charge in [0.15, 0.2) is 5.82 Å². The molecule has 0 fully saturated rings. The minimum absolute atomic E-state index is 0.213. The summed E-state index contributed by atoms with van der Waals surface area (Å²) in [7, 11) is 1.82. The molecule has 6 nitrogen and oxygen atoms in total. The van der Waals surface area contributed by atoms with Crippen LogP contribution >= 0.6 is 11.3 Å². The first kappa shape index (κ1) is 11.7. The summed E-state index contributed by atoms with van der Waals surface area (Å²) >= 11 is 1.47. The van der Waals surface area contributed by atoms with E-state index in [9.17, 15) is 4.79 Å². The van der Waals surface area contributed by atoms with E-state index in [1.807, 2.05) is 24.6 Å². The van der Waals surface area contributed by atoms with E-state index in [1.54, 1.807) is 10.9 Å². The molecule has 0 aliphatic carbocycles. The van der Waals surface area contributed by atoms with Crippen LogP contribution < -0.4 is 11.1 Å². The summed E-state index contributed by atoms with van der Waals surface area (Å²) in [6.45, 7) is 0.328. The van der Waals surface area contributed by atoms with Crippen LogP contribution in [0.2, 0.25) is 0 Å². The number of carbonyl (C=O) groups is 1. The van der Waals surface area contributed by atoms with Crippen molar-refractivity contribution in [2.45, 2.75) is 12.6 Å². The van der Waals surface area contributed by atoms with Crippen molar-refractivity contribution in [3.05, 3.63) is 34.5 Å². The predicted octanol–water partition coefficient (Wildman–Crippen LogP) is 0.193. The Balaban J connectivity index is 1.92. The lowest BCUT2D eigenvalue weighted by Crippen LogP contribution is -2.33. The maximum Gasteiger partial charge on any atom is 0.242 e. The van der Waals surface area contributed by atoms with Crippen LogP contribution in [0.3, 0.4) is 0 Å². The normalized spacial score (nSPS) is 12.4. The lowest BCUT2D eigenvalue weighted by Gasteiger charge is -2.10. The van der Waals surface area contributed by atoms with Crippen molar-refractivity contribution in [2.24, 2.45) is 12.8 Å². The summed E-state index contributed by atoms with van der Waals surface area (Å²) in [5, 5.41) is 12.2. The highest BCUT2D eigenvalue weighted by molar-refractivity contribution is 7.10. The minimum Gasteiger partial charge on any atom is -0.347 e. The van der Waals surface area contributed by atoms with E-state index in [4.69, 9.17) is 5.73 Å². The molecular weight excluding hydrogens is 238 g/mol. The molecule has 0 saturated carbocycles. The standard InChI is InChI=1S/C10H13N5OS/c1-15-6-13-14-8(15)5-12-10(16)9(11)7-3-2-4-17-7/h2-4,6,9H,5,11H2,1H3,(H,12,16). The van der Waals surface area contributed by atoms with E-state index < -0.39 is 6.04 Å². The molecule has 7 heteroatoms. The summed E-state index contributed by atoms with van der Waals surface area (Å²) in [6.07, 6.45) is 1.58. The second-order valence-corrected chi connectivity index (χ2v) is 4.55. The molecule has 0 aliphatic rings. The molecule has 0 spiro atoms. The van der Waals surface area contributed by atoms with Gasteiger partial charge in [-0.25, -0.2) is 0 Å². The fraction of sp³-hybridized carbons (Fsp3) is 0.300. The molecule has 1 amide bonds. The number of nitrogens with two attached hydrogens (primary N) is 1. The molecule has 0 saturated heterocycles. The van der Waals surface area contributed by atoms with Gasteiger partial charge in [0.2, 0.25) is 5.91 Å². The second kappa shape index (κ2) is 5.07. The van der Waals surface area contributed by atoms with Crippen LogP contribution in [0.25, 0.3) is 0 Å². The van der Waals surface area contributed by atoms with Gasteiger partial charge in [0.1, 0.15) is 12.4 Å². The zero-order chi connectivity index (χ0) is 12.3. The predicted molar refractivity (Wildman–Crippen MR) is 64.1 cm³/mol. The van der Waals surface area contributed by atoms with Gasteiger partial charge in [-0.1, -0.05) is 6.07 Å². The largest absolute Gasteiger partial charge is 0.347 e. The number of rotatable bonds is 4. The van der Waals surface area contributed by atoms with E-state index in [2.05, 4.69) is 15.5 Å². The van der Waals surface area contributed by atoms with Crippen LogP contribution in [0.15, 0.2) is 23.8 Å². The molecule has 90 valence electrons. The molecule has 17 heavy (non-hydrogen) atoms. The Morgan fingerprint density at radius 3 is 3.12 bits per heavy atom. The quantitative estimate of drug-likeness (QED) is 0.812. The number of thiophene rings is 1. The maximum atomic E-state index is 11.8. The summed E-state index contributed by atoms with van der Waals surface area (Å²) in [5.74, 6) is 0.479. The van der Waals surface area contributed by atoms with E-state index in [-0.39, 0.29) is 5.91 Å². The zero-order valence-corrected chi connectivity index (χ0v) is 10.1. The van der Waals surface area contributed by atoms with Crippen LogP contribution in [0, 0.1) is 0 Å². The van der Waals surface area contributed by atoms with Crippen molar-refractivity contribution in [3.8, 4) is 0 Å². The third kappa shape index (κ3) is 2.69. The van der Waals surface area contributed by atoms with Crippen molar-refractivity contribution in [2.75, 3.05) is 0 Å². The SMILES string of the molecule is Cn1cnnc1CNC(=O)C(N)c1cccs1. The first-order chi connectivity index (χ1) is 8.18. The van der Waals surface area contributed by atoms with Crippen LogP contribution in [0.1, 0.15) is 16.7 Å². The lowest BCUT2D eigenvalue weighted by atomic mass is 10.2. The molecular formula is C10H13N5OS. The van der Waals surface area contributed by atoms with E-state index in [0.717, 1.165) is 4.88 Å². The monoisotopic (exact) mass is 251 g/mol. The molecule has 1 unspecified atom stereocenters. The molecule has 0 aliphatic heterocycles. The molecule has 2 aromatic rings. The highest BCUT2D eigenvalue weighted by Gasteiger charge is 2.16. The maximum absolute atomic E-state index is 11.8. The van der Waals surface area contributed by atoms with Crippen LogP contribution in [0.4, 0.5) is 0 Å². The smallest absolute Gasteiger partial charge is 0.242 e. The zero-order valence-electron chi connectivity index (χ0n) is 9.33. The molecule has 2 aromatic heterocycles. The first-order valence-corrected chi connectivity index (χ1v) is 5.96. The van der Waals surface area contributed by atoms with Gasteiger partial charge in [-0.3, -0.25) is 4.79 Å². The highest BCUT2D eigenvalue weighted by atomic mass is 32.1. The topological polar surface area (TPSA) is 85.8 Å². The van der Waals surface area contributed by atoms with Crippen LogP contribution in [-0.2, 0) is 18.4 Å². The van der Waals surface area contributed by atoms with Crippen molar-refractivity contribution >= 4 is 17.2 Å². The number of hydrogen-bond donors (Lipinski definition) is 2. The fourth-order valence-electron chi connectivity index (χ4n) is 1.34. The average Bonchev–Trinajstić information content (AvgIpc) is 2.96. The highest BCUT2D eigenvalue weighted by Crippen LogP contribution is 2.16. The van der Waals surface area contributed by atoms with Gasteiger partial charge >= 0.3 is 0 Å². The number of nitrogens with one attached hydrogen (secondary N) is 1. The summed E-state index contributed by atoms with van der Waals surface area (Å²) < 4.78 is 1.75. The van der Waals surface area contributed by atoms with Crippen LogP contribution in [-0.4, -0.2) is 20.7 Å². The first-order valence-electron chi connectivity index (χ1n) is 5.08. The Morgan fingerprint density at radius 1 is 1.71 bits per heavy atom. The Morgan fingerprint density at radius 2 is 2.53 bits per heavy atom. The second-order valence-electron chi connectivity index (χ2n) is 3.57. The van der Waals surface area contributed by atoms with Gasteiger partial charge in [0, 0.05) is 11.9 Å². The summed E-state index contributed by atoms with van der Waals surface area (Å²) in [6, 6.07) is 3.09. The minimum atomic E-state index is -0.622. The van der Waals surface area contributed by atoms with E-state index in [0.29, 0.717) is 12.4 Å².